The topological polar surface area (TPSA) is 60.0 Å². The summed E-state index contributed by atoms with van der Waals surface area (Å²) in [5, 5.41) is 17.6. The van der Waals surface area contributed by atoms with E-state index in [2.05, 4.69) is 30.9 Å². The minimum absolute atomic E-state index is 0.0199. The zero-order valence-corrected chi connectivity index (χ0v) is 11.4. The molecule has 4 nitrogen and oxygen atoms in total. The van der Waals surface area contributed by atoms with Crippen molar-refractivity contribution >= 4 is 0 Å². The van der Waals surface area contributed by atoms with Crippen LogP contribution in [0.5, 0.6) is 0 Å². The molecule has 2 atom stereocenters. The number of hydrogen-bond donors (Lipinski definition) is 0. The molecule has 18 heavy (non-hydrogen) atoms. The van der Waals surface area contributed by atoms with Crippen molar-refractivity contribution in [2.45, 2.75) is 39.2 Å². The van der Waals surface area contributed by atoms with Crippen LogP contribution in [-0.4, -0.2) is 37.2 Å². The van der Waals surface area contributed by atoms with Gasteiger partial charge in [0.2, 0.25) is 0 Å². The second kappa shape index (κ2) is 8.08. The molecule has 0 aliphatic carbocycles. The summed E-state index contributed by atoms with van der Waals surface area (Å²) in [6.45, 7) is 7.83. The van der Waals surface area contributed by atoms with E-state index in [9.17, 15) is 0 Å². The highest BCUT2D eigenvalue weighted by Gasteiger charge is 2.25. The second-order valence-corrected chi connectivity index (χ2v) is 5.42. The van der Waals surface area contributed by atoms with Crippen LogP contribution < -0.4 is 0 Å². The Morgan fingerprint density at radius 2 is 2.17 bits per heavy atom. The van der Waals surface area contributed by atoms with Gasteiger partial charge in [-0.1, -0.05) is 13.8 Å². The van der Waals surface area contributed by atoms with Crippen molar-refractivity contribution in [1.29, 1.82) is 10.5 Å². The smallest absolute Gasteiger partial charge is 0.0714 e. The molecule has 0 unspecified atom stereocenters. The van der Waals surface area contributed by atoms with Crippen molar-refractivity contribution in [3.05, 3.63) is 0 Å². The van der Waals surface area contributed by atoms with Gasteiger partial charge >= 0.3 is 0 Å². The molecule has 1 rings (SSSR count). The van der Waals surface area contributed by atoms with Gasteiger partial charge in [0.1, 0.15) is 0 Å². The van der Waals surface area contributed by atoms with Crippen LogP contribution in [0.2, 0.25) is 0 Å². The number of ether oxygens (including phenoxy) is 1. The molecule has 0 N–H and O–H groups in total. The molecular weight excluding hydrogens is 226 g/mol. The molecule has 0 bridgehead atoms. The van der Waals surface area contributed by atoms with Gasteiger partial charge in [0.25, 0.3) is 0 Å². The van der Waals surface area contributed by atoms with E-state index < -0.39 is 0 Å². The van der Waals surface area contributed by atoms with Crippen LogP contribution >= 0.6 is 0 Å². The molecule has 0 aromatic heterocycles. The Kier molecular flexibility index (Phi) is 6.72. The van der Waals surface area contributed by atoms with Crippen LogP contribution in [0.4, 0.5) is 0 Å². The lowest BCUT2D eigenvalue weighted by molar-refractivity contribution is 0.0411. The third-order valence-corrected chi connectivity index (χ3v) is 3.16. The quantitative estimate of drug-likeness (QED) is 0.694. The summed E-state index contributed by atoms with van der Waals surface area (Å²) in [6, 6.07) is 4.40. The fourth-order valence-corrected chi connectivity index (χ4v) is 2.17. The first-order valence-electron chi connectivity index (χ1n) is 6.76. The van der Waals surface area contributed by atoms with Crippen molar-refractivity contribution in [3.63, 3.8) is 0 Å². The number of nitriles is 2. The van der Waals surface area contributed by atoms with Crippen molar-refractivity contribution in [3.8, 4) is 12.1 Å². The summed E-state index contributed by atoms with van der Waals surface area (Å²) >= 11 is 0. The zero-order chi connectivity index (χ0) is 13.4. The van der Waals surface area contributed by atoms with E-state index in [0.717, 1.165) is 32.7 Å². The lowest BCUT2D eigenvalue weighted by atomic mass is 10.1. The molecule has 1 aliphatic rings. The molecule has 0 spiro atoms. The van der Waals surface area contributed by atoms with Gasteiger partial charge in [0, 0.05) is 32.7 Å². The molecule has 1 fully saturated rings. The first kappa shape index (κ1) is 15.0. The first-order chi connectivity index (χ1) is 8.65. The fourth-order valence-electron chi connectivity index (χ4n) is 2.17. The highest BCUT2D eigenvalue weighted by atomic mass is 16.5. The summed E-state index contributed by atoms with van der Waals surface area (Å²) in [5.41, 5.74) is 0. The Balaban J connectivity index is 2.25. The summed E-state index contributed by atoms with van der Waals surface area (Å²) < 4.78 is 5.81. The van der Waals surface area contributed by atoms with E-state index >= 15 is 0 Å². The van der Waals surface area contributed by atoms with Crippen LogP contribution in [0, 0.1) is 34.5 Å². The average Bonchev–Trinajstić information content (AvgIpc) is 2.79. The van der Waals surface area contributed by atoms with E-state index in [1.807, 2.05) is 0 Å². The highest BCUT2D eigenvalue weighted by Crippen LogP contribution is 2.17. The van der Waals surface area contributed by atoms with E-state index in [4.69, 9.17) is 15.3 Å². The molecule has 1 heterocycles. The van der Waals surface area contributed by atoms with Crippen LogP contribution in [0.1, 0.15) is 33.1 Å². The predicted molar refractivity (Wildman–Crippen MR) is 69.6 cm³/mol. The third kappa shape index (κ3) is 5.49. The molecule has 4 heteroatoms. The monoisotopic (exact) mass is 249 g/mol. The van der Waals surface area contributed by atoms with Crippen LogP contribution in [0.15, 0.2) is 0 Å². The second-order valence-electron chi connectivity index (χ2n) is 5.42. The number of likely N-dealkylation sites (tertiary alicyclic amines) is 1. The fraction of sp³-hybridized carbons (Fsp3) is 0.857. The maximum absolute atomic E-state index is 9.04. The Morgan fingerprint density at radius 3 is 2.78 bits per heavy atom. The maximum Gasteiger partial charge on any atom is 0.0714 e. The molecule has 0 aromatic carbocycles. The van der Waals surface area contributed by atoms with Crippen LogP contribution in [-0.2, 0) is 4.74 Å². The molecular formula is C14H23N3O. The van der Waals surface area contributed by atoms with Crippen molar-refractivity contribution in [1.82, 2.24) is 4.90 Å². The van der Waals surface area contributed by atoms with Crippen molar-refractivity contribution < 1.29 is 4.74 Å². The number of rotatable bonds is 7. The molecule has 0 radical (unpaired) electrons. The lowest BCUT2D eigenvalue weighted by Gasteiger charge is -2.19. The van der Waals surface area contributed by atoms with Gasteiger partial charge < -0.3 is 4.74 Å². The van der Waals surface area contributed by atoms with Crippen molar-refractivity contribution in [2.24, 2.45) is 11.8 Å². The van der Waals surface area contributed by atoms with Gasteiger partial charge in [-0.3, -0.25) is 4.90 Å². The van der Waals surface area contributed by atoms with Crippen molar-refractivity contribution in [2.75, 3.05) is 26.2 Å². The molecule has 100 valence electrons. The Morgan fingerprint density at radius 1 is 1.39 bits per heavy atom. The number of nitrogens with zero attached hydrogens (tertiary/aromatic N) is 3. The summed E-state index contributed by atoms with van der Waals surface area (Å²) in [7, 11) is 0. The standard InChI is InChI=1S/C14H23N3O/c1-12(2)11-18-14-5-7-17(10-14)9-13(8-16)4-3-6-15/h12-14H,3-5,7,9-11H2,1-2H3/t13-,14+/m0/s1. The van der Waals surface area contributed by atoms with E-state index in [-0.39, 0.29) is 5.92 Å². The Hall–Kier alpha value is -1.10. The normalized spacial score (nSPS) is 21.7. The largest absolute Gasteiger partial charge is 0.377 e. The average molecular weight is 249 g/mol. The van der Waals surface area contributed by atoms with Gasteiger partial charge in [-0.15, -0.1) is 0 Å². The van der Waals surface area contributed by atoms with Gasteiger partial charge in [0.15, 0.2) is 0 Å². The highest BCUT2D eigenvalue weighted by molar-refractivity contribution is 4.89. The Labute approximate surface area is 110 Å². The molecule has 1 aliphatic heterocycles. The summed E-state index contributed by atoms with van der Waals surface area (Å²) in [5.74, 6) is 0.551. The van der Waals surface area contributed by atoms with Gasteiger partial charge in [-0.2, -0.15) is 10.5 Å². The Bertz CT molecular complexity index is 316. The van der Waals surface area contributed by atoms with E-state index in [1.165, 1.54) is 0 Å². The van der Waals surface area contributed by atoms with Gasteiger partial charge in [-0.25, -0.2) is 0 Å². The third-order valence-electron chi connectivity index (χ3n) is 3.16. The van der Waals surface area contributed by atoms with Crippen LogP contribution in [0.3, 0.4) is 0 Å². The number of hydrogen-bond acceptors (Lipinski definition) is 4. The molecule has 0 aromatic rings. The molecule has 1 saturated heterocycles. The molecule has 0 saturated carbocycles. The van der Waals surface area contributed by atoms with Gasteiger partial charge in [0.05, 0.1) is 24.2 Å². The van der Waals surface area contributed by atoms with E-state index in [1.54, 1.807) is 0 Å². The minimum Gasteiger partial charge on any atom is -0.377 e. The molecule has 0 amide bonds. The summed E-state index contributed by atoms with van der Waals surface area (Å²) in [6.07, 6.45) is 2.53. The van der Waals surface area contributed by atoms with Crippen LogP contribution in [0.25, 0.3) is 0 Å². The maximum atomic E-state index is 9.04. The SMILES string of the molecule is CC(C)CO[C@@H]1CCN(C[C@H](C#N)CCC#N)C1. The lowest BCUT2D eigenvalue weighted by Crippen LogP contribution is -2.29. The zero-order valence-electron chi connectivity index (χ0n) is 11.4. The summed E-state index contributed by atoms with van der Waals surface area (Å²) in [4.78, 5) is 2.29. The minimum atomic E-state index is -0.0199. The first-order valence-corrected chi connectivity index (χ1v) is 6.76. The predicted octanol–water partition coefficient (Wildman–Crippen LogP) is 2.18. The van der Waals surface area contributed by atoms with E-state index in [0.29, 0.717) is 24.9 Å². The van der Waals surface area contributed by atoms with Gasteiger partial charge in [-0.05, 0) is 18.8 Å².